The zero-order valence-corrected chi connectivity index (χ0v) is 11.4. The summed E-state index contributed by atoms with van der Waals surface area (Å²) in [6, 6.07) is 8.98. The molecular weight excluding hydrogens is 218 g/mol. The van der Waals surface area contributed by atoms with Crippen molar-refractivity contribution in [1.29, 1.82) is 0 Å². The second-order valence-electron chi connectivity index (χ2n) is 4.61. The number of nitrogens with one attached hydrogen (secondary N) is 1. The fourth-order valence-corrected chi connectivity index (χ4v) is 1.89. The van der Waals surface area contributed by atoms with Crippen LogP contribution in [0.3, 0.4) is 0 Å². The molecule has 0 aliphatic rings. The van der Waals surface area contributed by atoms with Gasteiger partial charge in [-0.15, -0.1) is 0 Å². The topological polar surface area (TPSA) is 12.0 Å². The summed E-state index contributed by atoms with van der Waals surface area (Å²) in [6.45, 7) is 8.96. The van der Waals surface area contributed by atoms with Gasteiger partial charge in [-0.3, -0.25) is 0 Å². The van der Waals surface area contributed by atoms with Crippen LogP contribution in [0.2, 0.25) is 5.02 Å². The molecule has 0 aromatic heterocycles. The molecule has 2 heteroatoms. The van der Waals surface area contributed by atoms with E-state index in [-0.39, 0.29) is 0 Å². The highest BCUT2D eigenvalue weighted by atomic mass is 35.5. The summed E-state index contributed by atoms with van der Waals surface area (Å²) >= 11 is 5.87. The van der Waals surface area contributed by atoms with Crippen LogP contribution in [-0.2, 0) is 0 Å². The van der Waals surface area contributed by atoms with Gasteiger partial charge in [-0.1, -0.05) is 44.0 Å². The van der Waals surface area contributed by atoms with E-state index in [1.165, 1.54) is 12.0 Å². The van der Waals surface area contributed by atoms with Crippen LogP contribution in [0.25, 0.3) is 0 Å². The minimum Gasteiger partial charge on any atom is -0.307 e. The third-order valence-electron chi connectivity index (χ3n) is 3.38. The van der Waals surface area contributed by atoms with Crippen molar-refractivity contribution in [2.24, 2.45) is 5.92 Å². The Morgan fingerprint density at radius 2 is 1.69 bits per heavy atom. The van der Waals surface area contributed by atoms with Crippen molar-refractivity contribution in [1.82, 2.24) is 5.32 Å². The predicted octanol–water partition coefficient (Wildman–Crippen LogP) is 4.43. The van der Waals surface area contributed by atoms with Crippen molar-refractivity contribution >= 4 is 11.6 Å². The molecule has 0 saturated carbocycles. The molecule has 1 aromatic carbocycles. The lowest BCUT2D eigenvalue weighted by Crippen LogP contribution is -2.33. The fourth-order valence-electron chi connectivity index (χ4n) is 1.76. The van der Waals surface area contributed by atoms with Gasteiger partial charge in [0, 0.05) is 17.1 Å². The first-order valence-electron chi connectivity index (χ1n) is 6.06. The van der Waals surface area contributed by atoms with Gasteiger partial charge in [0.2, 0.25) is 0 Å². The fraction of sp³-hybridized carbons (Fsp3) is 0.571. The molecule has 1 aromatic rings. The van der Waals surface area contributed by atoms with Crippen molar-refractivity contribution < 1.29 is 0 Å². The molecule has 0 aliphatic heterocycles. The molecule has 0 radical (unpaired) electrons. The molecule has 2 unspecified atom stereocenters. The molecular formula is C14H22ClN. The second-order valence-corrected chi connectivity index (χ2v) is 5.05. The van der Waals surface area contributed by atoms with Gasteiger partial charge < -0.3 is 5.32 Å². The smallest absolute Gasteiger partial charge is 0.0406 e. The Bertz CT molecular complexity index is 307. The summed E-state index contributed by atoms with van der Waals surface area (Å²) in [5, 5.41) is 4.42. The van der Waals surface area contributed by atoms with Crippen LogP contribution in [0.4, 0.5) is 0 Å². The van der Waals surface area contributed by atoms with E-state index in [1.807, 2.05) is 12.1 Å². The van der Waals surface area contributed by atoms with Gasteiger partial charge in [0.05, 0.1) is 0 Å². The summed E-state index contributed by atoms with van der Waals surface area (Å²) in [7, 11) is 0. The Kier molecular flexibility index (Phi) is 5.30. The highest BCUT2D eigenvalue weighted by molar-refractivity contribution is 6.30. The Labute approximate surface area is 104 Å². The molecule has 90 valence electrons. The number of halogens is 1. The van der Waals surface area contributed by atoms with E-state index in [2.05, 4.69) is 45.1 Å². The maximum atomic E-state index is 5.87. The first kappa shape index (κ1) is 13.5. The summed E-state index contributed by atoms with van der Waals surface area (Å²) in [5.74, 6) is 0.703. The van der Waals surface area contributed by atoms with Crippen LogP contribution in [0.15, 0.2) is 24.3 Å². The third kappa shape index (κ3) is 3.80. The molecule has 0 saturated heterocycles. The van der Waals surface area contributed by atoms with Crippen LogP contribution < -0.4 is 5.32 Å². The molecule has 3 atom stereocenters. The van der Waals surface area contributed by atoms with Crippen LogP contribution >= 0.6 is 11.6 Å². The standard InChI is InChI=1S/C14H22ClN/c1-5-10(2)11(3)16-12(4)13-6-8-14(15)9-7-13/h6-12,16H,5H2,1-4H3/t10?,11?,12-/m0/s1. The van der Waals surface area contributed by atoms with Gasteiger partial charge in [0.1, 0.15) is 0 Å². The van der Waals surface area contributed by atoms with Crippen molar-refractivity contribution in [2.75, 3.05) is 0 Å². The third-order valence-corrected chi connectivity index (χ3v) is 3.63. The van der Waals surface area contributed by atoms with Gasteiger partial charge in [-0.25, -0.2) is 0 Å². The second kappa shape index (κ2) is 6.27. The SMILES string of the molecule is CCC(C)C(C)N[C@@H](C)c1ccc(Cl)cc1. The number of hydrogen-bond donors (Lipinski definition) is 1. The average Bonchev–Trinajstić information content (AvgIpc) is 2.28. The molecule has 0 amide bonds. The minimum atomic E-state index is 0.376. The lowest BCUT2D eigenvalue weighted by atomic mass is 9.99. The highest BCUT2D eigenvalue weighted by Gasteiger charge is 2.13. The average molecular weight is 240 g/mol. The summed E-state index contributed by atoms with van der Waals surface area (Å²) in [6.07, 6.45) is 1.21. The monoisotopic (exact) mass is 239 g/mol. The molecule has 1 rings (SSSR count). The Hall–Kier alpha value is -0.530. The molecule has 0 spiro atoms. The van der Waals surface area contributed by atoms with E-state index in [9.17, 15) is 0 Å². The van der Waals surface area contributed by atoms with E-state index >= 15 is 0 Å². The van der Waals surface area contributed by atoms with Crippen molar-refractivity contribution in [3.05, 3.63) is 34.9 Å². The van der Waals surface area contributed by atoms with Crippen LogP contribution in [-0.4, -0.2) is 6.04 Å². The maximum Gasteiger partial charge on any atom is 0.0406 e. The lowest BCUT2D eigenvalue weighted by molar-refractivity contribution is 0.360. The number of hydrogen-bond acceptors (Lipinski definition) is 1. The Balaban J connectivity index is 2.58. The van der Waals surface area contributed by atoms with Crippen LogP contribution in [0.1, 0.15) is 45.7 Å². The number of rotatable bonds is 5. The zero-order valence-electron chi connectivity index (χ0n) is 10.6. The molecule has 1 N–H and O–H groups in total. The van der Waals surface area contributed by atoms with E-state index < -0.39 is 0 Å². The lowest BCUT2D eigenvalue weighted by Gasteiger charge is -2.24. The molecule has 1 nitrogen and oxygen atoms in total. The first-order chi connectivity index (χ1) is 7.54. The van der Waals surface area contributed by atoms with E-state index in [4.69, 9.17) is 11.6 Å². The summed E-state index contributed by atoms with van der Waals surface area (Å²) in [4.78, 5) is 0. The number of benzene rings is 1. The van der Waals surface area contributed by atoms with Gasteiger partial charge >= 0.3 is 0 Å². The van der Waals surface area contributed by atoms with Gasteiger partial charge in [0.25, 0.3) is 0 Å². The van der Waals surface area contributed by atoms with E-state index in [1.54, 1.807) is 0 Å². The maximum absolute atomic E-state index is 5.87. The van der Waals surface area contributed by atoms with Gasteiger partial charge in [0.15, 0.2) is 0 Å². The van der Waals surface area contributed by atoms with Crippen molar-refractivity contribution in [2.45, 2.75) is 46.2 Å². The Morgan fingerprint density at radius 3 is 2.19 bits per heavy atom. The summed E-state index contributed by atoms with van der Waals surface area (Å²) in [5.41, 5.74) is 1.29. The molecule has 16 heavy (non-hydrogen) atoms. The predicted molar refractivity (Wildman–Crippen MR) is 71.9 cm³/mol. The molecule has 0 bridgehead atoms. The van der Waals surface area contributed by atoms with Crippen molar-refractivity contribution in [3.8, 4) is 0 Å². The highest BCUT2D eigenvalue weighted by Crippen LogP contribution is 2.18. The largest absolute Gasteiger partial charge is 0.307 e. The normalized spacial score (nSPS) is 16.8. The Morgan fingerprint density at radius 1 is 1.12 bits per heavy atom. The zero-order chi connectivity index (χ0) is 12.1. The molecule has 0 fully saturated rings. The van der Waals surface area contributed by atoms with Crippen LogP contribution in [0, 0.1) is 5.92 Å². The summed E-state index contributed by atoms with van der Waals surface area (Å²) < 4.78 is 0. The minimum absolute atomic E-state index is 0.376. The van der Waals surface area contributed by atoms with Gasteiger partial charge in [-0.05, 0) is 37.5 Å². The van der Waals surface area contributed by atoms with E-state index in [0.717, 1.165) is 5.02 Å². The quantitative estimate of drug-likeness (QED) is 0.802. The molecule has 0 heterocycles. The molecule has 0 aliphatic carbocycles. The van der Waals surface area contributed by atoms with Crippen molar-refractivity contribution in [3.63, 3.8) is 0 Å². The first-order valence-corrected chi connectivity index (χ1v) is 6.44. The van der Waals surface area contributed by atoms with E-state index in [0.29, 0.717) is 18.0 Å². The van der Waals surface area contributed by atoms with Gasteiger partial charge in [-0.2, -0.15) is 0 Å². The van der Waals surface area contributed by atoms with Crippen LogP contribution in [0.5, 0.6) is 0 Å².